The van der Waals surface area contributed by atoms with Crippen molar-refractivity contribution in [2.45, 2.75) is 32.2 Å². The number of nitrogens with zero attached hydrogens (tertiary/aromatic N) is 1. The van der Waals surface area contributed by atoms with Crippen LogP contribution in [0.4, 0.5) is 0 Å². The van der Waals surface area contributed by atoms with Gasteiger partial charge in [-0.1, -0.05) is 18.2 Å². The van der Waals surface area contributed by atoms with Crippen LogP contribution in [0.1, 0.15) is 36.5 Å². The van der Waals surface area contributed by atoms with Gasteiger partial charge in [0.05, 0.1) is 5.56 Å². The SMILES string of the molecule is C[C@@H]1CCCCN1C(=O)C(=O)c1c[nH]c2ccccc12. The smallest absolute Gasteiger partial charge is 0.295 e. The fraction of sp³-hybridized carbons (Fsp3) is 0.375. The van der Waals surface area contributed by atoms with E-state index in [0.29, 0.717) is 12.1 Å². The molecule has 1 aromatic heterocycles. The molecule has 20 heavy (non-hydrogen) atoms. The lowest BCUT2D eigenvalue weighted by atomic mass is 10.0. The second-order valence-corrected chi connectivity index (χ2v) is 5.42. The highest BCUT2D eigenvalue weighted by molar-refractivity contribution is 6.44. The zero-order chi connectivity index (χ0) is 14.1. The minimum atomic E-state index is -0.406. The van der Waals surface area contributed by atoms with Crippen LogP contribution in [0.25, 0.3) is 10.9 Å². The van der Waals surface area contributed by atoms with Gasteiger partial charge in [0.25, 0.3) is 11.7 Å². The number of para-hydroxylation sites is 1. The lowest BCUT2D eigenvalue weighted by molar-refractivity contribution is -0.129. The number of rotatable bonds is 2. The van der Waals surface area contributed by atoms with E-state index in [1.54, 1.807) is 11.1 Å². The van der Waals surface area contributed by atoms with Gasteiger partial charge in [-0.2, -0.15) is 0 Å². The van der Waals surface area contributed by atoms with Gasteiger partial charge in [0, 0.05) is 29.7 Å². The topological polar surface area (TPSA) is 53.2 Å². The van der Waals surface area contributed by atoms with Gasteiger partial charge >= 0.3 is 0 Å². The molecule has 1 fully saturated rings. The zero-order valence-electron chi connectivity index (χ0n) is 11.6. The van der Waals surface area contributed by atoms with Crippen LogP contribution in [0.5, 0.6) is 0 Å². The fourth-order valence-electron chi connectivity index (χ4n) is 2.90. The van der Waals surface area contributed by atoms with Gasteiger partial charge in [-0.05, 0) is 32.3 Å². The first-order valence-corrected chi connectivity index (χ1v) is 7.10. The van der Waals surface area contributed by atoms with E-state index in [0.717, 1.165) is 30.2 Å². The summed E-state index contributed by atoms with van der Waals surface area (Å²) in [4.78, 5) is 29.6. The van der Waals surface area contributed by atoms with Crippen LogP contribution < -0.4 is 0 Å². The summed E-state index contributed by atoms with van der Waals surface area (Å²) >= 11 is 0. The van der Waals surface area contributed by atoms with E-state index in [-0.39, 0.29) is 11.9 Å². The van der Waals surface area contributed by atoms with E-state index in [4.69, 9.17) is 0 Å². The molecule has 3 rings (SSSR count). The Labute approximate surface area is 117 Å². The van der Waals surface area contributed by atoms with Crippen LogP contribution in [0.3, 0.4) is 0 Å². The number of hydrogen-bond acceptors (Lipinski definition) is 2. The second-order valence-electron chi connectivity index (χ2n) is 5.42. The number of benzene rings is 1. The van der Waals surface area contributed by atoms with Gasteiger partial charge in [-0.15, -0.1) is 0 Å². The van der Waals surface area contributed by atoms with Crippen molar-refractivity contribution in [1.82, 2.24) is 9.88 Å². The zero-order valence-corrected chi connectivity index (χ0v) is 11.6. The monoisotopic (exact) mass is 270 g/mol. The number of nitrogens with one attached hydrogen (secondary N) is 1. The van der Waals surface area contributed by atoms with E-state index < -0.39 is 5.78 Å². The summed E-state index contributed by atoms with van der Waals surface area (Å²) in [6.45, 7) is 2.70. The fourth-order valence-corrected chi connectivity index (χ4v) is 2.90. The van der Waals surface area contributed by atoms with E-state index in [9.17, 15) is 9.59 Å². The summed E-state index contributed by atoms with van der Waals surface area (Å²) < 4.78 is 0. The van der Waals surface area contributed by atoms with E-state index in [2.05, 4.69) is 4.98 Å². The first kappa shape index (κ1) is 12.9. The van der Waals surface area contributed by atoms with Gasteiger partial charge in [-0.3, -0.25) is 9.59 Å². The summed E-state index contributed by atoms with van der Waals surface area (Å²) in [5, 5.41) is 0.815. The molecular formula is C16H18N2O2. The van der Waals surface area contributed by atoms with Gasteiger partial charge in [-0.25, -0.2) is 0 Å². The molecule has 1 N–H and O–H groups in total. The Morgan fingerprint density at radius 2 is 2.05 bits per heavy atom. The molecule has 0 aliphatic carbocycles. The molecule has 2 heterocycles. The number of ketones is 1. The minimum absolute atomic E-state index is 0.158. The number of fused-ring (bicyclic) bond motifs is 1. The number of carbonyl (C=O) groups is 2. The first-order valence-electron chi connectivity index (χ1n) is 7.10. The number of aromatic nitrogens is 1. The molecule has 4 heteroatoms. The number of hydrogen-bond donors (Lipinski definition) is 1. The molecule has 1 amide bonds. The van der Waals surface area contributed by atoms with Crippen molar-refractivity contribution >= 4 is 22.6 Å². The molecule has 4 nitrogen and oxygen atoms in total. The quantitative estimate of drug-likeness (QED) is 0.674. The minimum Gasteiger partial charge on any atom is -0.360 e. The van der Waals surface area contributed by atoms with Gasteiger partial charge in [0.2, 0.25) is 0 Å². The molecule has 1 aromatic carbocycles. The Hall–Kier alpha value is -2.10. The molecule has 1 aliphatic rings. The molecule has 2 aromatic rings. The van der Waals surface area contributed by atoms with Crippen LogP contribution >= 0.6 is 0 Å². The van der Waals surface area contributed by atoms with Crippen LogP contribution in [0, 0.1) is 0 Å². The lowest BCUT2D eigenvalue weighted by Gasteiger charge is -2.32. The van der Waals surface area contributed by atoms with Crippen molar-refractivity contribution in [1.29, 1.82) is 0 Å². The summed E-state index contributed by atoms with van der Waals surface area (Å²) in [6.07, 6.45) is 4.73. The summed E-state index contributed by atoms with van der Waals surface area (Å²) in [5.74, 6) is -0.779. The standard InChI is InChI=1S/C16H18N2O2/c1-11-6-4-5-9-18(11)16(20)15(19)13-10-17-14-8-3-2-7-12(13)14/h2-3,7-8,10-11,17H,4-6,9H2,1H3/t11-/m1/s1. The Morgan fingerprint density at radius 3 is 2.85 bits per heavy atom. The van der Waals surface area contributed by atoms with Crippen LogP contribution in [0.2, 0.25) is 0 Å². The summed E-state index contributed by atoms with van der Waals surface area (Å²) in [5.41, 5.74) is 1.36. The maximum atomic E-state index is 12.5. The molecular weight excluding hydrogens is 252 g/mol. The molecule has 0 saturated carbocycles. The Kier molecular flexibility index (Phi) is 3.30. The largest absolute Gasteiger partial charge is 0.360 e. The number of Topliss-reactive ketones (excluding diaryl/α,β-unsaturated/α-hetero) is 1. The first-order chi connectivity index (χ1) is 9.68. The van der Waals surface area contributed by atoms with Crippen molar-refractivity contribution < 1.29 is 9.59 Å². The molecule has 0 unspecified atom stereocenters. The predicted octanol–water partition coefficient (Wildman–Crippen LogP) is 2.75. The molecule has 104 valence electrons. The normalized spacial score (nSPS) is 19.2. The third-order valence-electron chi connectivity index (χ3n) is 4.09. The average Bonchev–Trinajstić information content (AvgIpc) is 2.90. The van der Waals surface area contributed by atoms with Crippen molar-refractivity contribution in [3.63, 3.8) is 0 Å². The third-order valence-corrected chi connectivity index (χ3v) is 4.09. The van der Waals surface area contributed by atoms with E-state index in [1.165, 1.54) is 0 Å². The van der Waals surface area contributed by atoms with Crippen LogP contribution in [0.15, 0.2) is 30.5 Å². The highest BCUT2D eigenvalue weighted by Crippen LogP contribution is 2.21. The third kappa shape index (κ3) is 2.11. The highest BCUT2D eigenvalue weighted by atomic mass is 16.2. The molecule has 1 aliphatic heterocycles. The Bertz CT molecular complexity index is 659. The molecule has 1 saturated heterocycles. The lowest BCUT2D eigenvalue weighted by Crippen LogP contribution is -2.45. The van der Waals surface area contributed by atoms with Crippen molar-refractivity contribution in [3.05, 3.63) is 36.0 Å². The number of amides is 1. The van der Waals surface area contributed by atoms with Gasteiger partial charge in [0.1, 0.15) is 0 Å². The number of aromatic amines is 1. The Balaban J connectivity index is 1.90. The molecule has 0 bridgehead atoms. The molecule has 0 radical (unpaired) electrons. The molecule has 0 spiro atoms. The van der Waals surface area contributed by atoms with Gasteiger partial charge in [0.15, 0.2) is 0 Å². The maximum Gasteiger partial charge on any atom is 0.295 e. The van der Waals surface area contributed by atoms with E-state index >= 15 is 0 Å². The van der Waals surface area contributed by atoms with Crippen molar-refractivity contribution in [2.24, 2.45) is 0 Å². The Morgan fingerprint density at radius 1 is 1.25 bits per heavy atom. The molecule has 1 atom stereocenters. The van der Waals surface area contributed by atoms with Crippen LogP contribution in [-0.4, -0.2) is 34.2 Å². The number of carbonyl (C=O) groups excluding carboxylic acids is 2. The average molecular weight is 270 g/mol. The van der Waals surface area contributed by atoms with Crippen molar-refractivity contribution in [2.75, 3.05) is 6.54 Å². The number of H-pyrrole nitrogens is 1. The summed E-state index contributed by atoms with van der Waals surface area (Å²) in [7, 11) is 0. The van der Waals surface area contributed by atoms with Crippen molar-refractivity contribution in [3.8, 4) is 0 Å². The number of likely N-dealkylation sites (tertiary alicyclic amines) is 1. The highest BCUT2D eigenvalue weighted by Gasteiger charge is 2.29. The predicted molar refractivity (Wildman–Crippen MR) is 77.7 cm³/mol. The van der Waals surface area contributed by atoms with Crippen LogP contribution in [-0.2, 0) is 4.79 Å². The van der Waals surface area contributed by atoms with Gasteiger partial charge < -0.3 is 9.88 Å². The maximum absolute atomic E-state index is 12.5. The van der Waals surface area contributed by atoms with E-state index in [1.807, 2.05) is 31.2 Å². The second kappa shape index (κ2) is 5.12. The number of piperidine rings is 1. The summed E-state index contributed by atoms with van der Waals surface area (Å²) in [6, 6.07) is 7.71.